The molecule has 0 spiro atoms. The topological polar surface area (TPSA) is 68.8 Å². The fraction of sp³-hybridized carbons (Fsp3) is 0.333. The molecule has 0 amide bonds. The SMILES string of the molecule is CCSCC(NN)c1cnnn1-c1ccccc1. The van der Waals surface area contributed by atoms with E-state index in [1.807, 2.05) is 46.8 Å². The van der Waals surface area contributed by atoms with Gasteiger partial charge in [-0.1, -0.05) is 30.3 Å². The molecule has 0 aliphatic heterocycles. The highest BCUT2D eigenvalue weighted by atomic mass is 32.2. The summed E-state index contributed by atoms with van der Waals surface area (Å²) in [5.41, 5.74) is 4.80. The number of nitrogens with one attached hydrogen (secondary N) is 1. The van der Waals surface area contributed by atoms with Crippen molar-refractivity contribution in [3.63, 3.8) is 0 Å². The van der Waals surface area contributed by atoms with Crippen LogP contribution < -0.4 is 11.3 Å². The van der Waals surface area contributed by atoms with Crippen LogP contribution in [0.4, 0.5) is 0 Å². The predicted molar refractivity (Wildman–Crippen MR) is 74.4 cm³/mol. The summed E-state index contributed by atoms with van der Waals surface area (Å²) < 4.78 is 1.82. The second kappa shape index (κ2) is 6.53. The maximum atomic E-state index is 5.62. The van der Waals surface area contributed by atoms with E-state index in [9.17, 15) is 0 Å². The number of nitrogens with two attached hydrogens (primary N) is 1. The molecule has 0 aliphatic carbocycles. The summed E-state index contributed by atoms with van der Waals surface area (Å²) in [6.07, 6.45) is 1.76. The van der Waals surface area contributed by atoms with Crippen LogP contribution in [0, 0.1) is 0 Å². The Balaban J connectivity index is 2.26. The van der Waals surface area contributed by atoms with Crippen LogP contribution in [0.15, 0.2) is 36.5 Å². The Kier molecular flexibility index (Phi) is 4.74. The molecule has 18 heavy (non-hydrogen) atoms. The molecule has 1 aromatic heterocycles. The molecule has 3 N–H and O–H groups in total. The summed E-state index contributed by atoms with van der Waals surface area (Å²) >= 11 is 1.83. The van der Waals surface area contributed by atoms with E-state index < -0.39 is 0 Å². The van der Waals surface area contributed by atoms with Crippen LogP contribution in [-0.2, 0) is 0 Å². The second-order valence-electron chi connectivity index (χ2n) is 3.78. The van der Waals surface area contributed by atoms with Gasteiger partial charge < -0.3 is 0 Å². The first-order chi connectivity index (χ1) is 8.86. The van der Waals surface area contributed by atoms with Gasteiger partial charge in [-0.05, 0) is 17.9 Å². The number of hydrogen-bond acceptors (Lipinski definition) is 5. The highest BCUT2D eigenvalue weighted by Crippen LogP contribution is 2.19. The van der Waals surface area contributed by atoms with Crippen LogP contribution in [0.5, 0.6) is 0 Å². The molecule has 1 heterocycles. The average Bonchev–Trinajstić information content (AvgIpc) is 2.90. The fourth-order valence-electron chi connectivity index (χ4n) is 1.71. The minimum Gasteiger partial charge on any atom is -0.271 e. The lowest BCUT2D eigenvalue weighted by Gasteiger charge is -2.16. The van der Waals surface area contributed by atoms with Gasteiger partial charge in [0.05, 0.1) is 23.6 Å². The number of para-hydroxylation sites is 1. The van der Waals surface area contributed by atoms with Crippen molar-refractivity contribution in [1.29, 1.82) is 0 Å². The first-order valence-electron chi connectivity index (χ1n) is 5.86. The van der Waals surface area contributed by atoms with Gasteiger partial charge in [-0.15, -0.1) is 5.10 Å². The standard InChI is InChI=1S/C12H17N5S/c1-2-18-9-11(15-13)12-8-14-16-17(12)10-6-4-3-5-7-10/h3-8,11,15H,2,9,13H2,1H3. The van der Waals surface area contributed by atoms with Crippen molar-refractivity contribution >= 4 is 11.8 Å². The molecule has 0 saturated carbocycles. The summed E-state index contributed by atoms with van der Waals surface area (Å²) in [5, 5.41) is 8.11. The molecular formula is C12H17N5S. The second-order valence-corrected chi connectivity index (χ2v) is 5.10. The largest absolute Gasteiger partial charge is 0.271 e. The summed E-state index contributed by atoms with van der Waals surface area (Å²) in [6, 6.07) is 9.98. The highest BCUT2D eigenvalue weighted by molar-refractivity contribution is 7.99. The lowest BCUT2D eigenvalue weighted by Crippen LogP contribution is -2.31. The van der Waals surface area contributed by atoms with Gasteiger partial charge in [0.15, 0.2) is 0 Å². The van der Waals surface area contributed by atoms with E-state index in [4.69, 9.17) is 5.84 Å². The van der Waals surface area contributed by atoms with E-state index in [1.54, 1.807) is 6.20 Å². The van der Waals surface area contributed by atoms with E-state index in [0.29, 0.717) is 0 Å². The van der Waals surface area contributed by atoms with Crippen LogP contribution in [0.1, 0.15) is 18.7 Å². The third-order valence-electron chi connectivity index (χ3n) is 2.62. The number of nitrogens with zero attached hydrogens (tertiary/aromatic N) is 3. The number of thioether (sulfide) groups is 1. The molecule has 6 heteroatoms. The molecule has 2 rings (SSSR count). The maximum absolute atomic E-state index is 5.62. The smallest absolute Gasteiger partial charge is 0.0837 e. The van der Waals surface area contributed by atoms with Crippen LogP contribution >= 0.6 is 11.8 Å². The highest BCUT2D eigenvalue weighted by Gasteiger charge is 2.16. The summed E-state index contributed by atoms with van der Waals surface area (Å²) in [5.74, 6) is 7.58. The lowest BCUT2D eigenvalue weighted by atomic mass is 10.2. The quantitative estimate of drug-likeness (QED) is 0.611. The van der Waals surface area contributed by atoms with E-state index in [-0.39, 0.29) is 6.04 Å². The zero-order chi connectivity index (χ0) is 12.8. The van der Waals surface area contributed by atoms with Crippen LogP contribution in [0.25, 0.3) is 5.69 Å². The van der Waals surface area contributed by atoms with Gasteiger partial charge in [0.2, 0.25) is 0 Å². The van der Waals surface area contributed by atoms with Crippen molar-refractivity contribution in [3.05, 3.63) is 42.2 Å². The number of aromatic nitrogens is 3. The van der Waals surface area contributed by atoms with Crippen molar-refractivity contribution in [3.8, 4) is 5.69 Å². The van der Waals surface area contributed by atoms with Crippen molar-refractivity contribution in [2.45, 2.75) is 13.0 Å². The zero-order valence-corrected chi connectivity index (χ0v) is 11.1. The van der Waals surface area contributed by atoms with Gasteiger partial charge in [0, 0.05) is 5.75 Å². The predicted octanol–water partition coefficient (Wildman–Crippen LogP) is 1.52. The van der Waals surface area contributed by atoms with Crippen LogP contribution in [0.3, 0.4) is 0 Å². The van der Waals surface area contributed by atoms with E-state index >= 15 is 0 Å². The van der Waals surface area contributed by atoms with Gasteiger partial charge in [-0.3, -0.25) is 11.3 Å². The van der Waals surface area contributed by atoms with E-state index in [2.05, 4.69) is 22.7 Å². The summed E-state index contributed by atoms with van der Waals surface area (Å²) in [4.78, 5) is 0. The number of rotatable bonds is 6. The Bertz CT molecular complexity index is 470. The Hall–Kier alpha value is -1.37. The van der Waals surface area contributed by atoms with Gasteiger partial charge in [0.25, 0.3) is 0 Å². The summed E-state index contributed by atoms with van der Waals surface area (Å²) in [6.45, 7) is 2.13. The van der Waals surface area contributed by atoms with Crippen molar-refractivity contribution < 1.29 is 0 Å². The van der Waals surface area contributed by atoms with Gasteiger partial charge in [-0.2, -0.15) is 11.8 Å². The molecule has 1 aromatic carbocycles. The molecule has 0 fully saturated rings. The van der Waals surface area contributed by atoms with Crippen LogP contribution in [0.2, 0.25) is 0 Å². The molecule has 0 radical (unpaired) electrons. The Morgan fingerprint density at radius 1 is 1.39 bits per heavy atom. The third-order valence-corrected chi connectivity index (χ3v) is 3.60. The zero-order valence-electron chi connectivity index (χ0n) is 10.3. The molecule has 1 unspecified atom stereocenters. The van der Waals surface area contributed by atoms with Crippen molar-refractivity contribution in [2.24, 2.45) is 5.84 Å². The molecule has 96 valence electrons. The number of hydrazine groups is 1. The maximum Gasteiger partial charge on any atom is 0.0837 e. The van der Waals surface area contributed by atoms with Gasteiger partial charge >= 0.3 is 0 Å². The number of hydrogen-bond donors (Lipinski definition) is 2. The minimum absolute atomic E-state index is 0.0464. The molecule has 1 atom stereocenters. The normalized spacial score (nSPS) is 12.6. The lowest BCUT2D eigenvalue weighted by molar-refractivity contribution is 0.573. The Labute approximate surface area is 111 Å². The fourth-order valence-corrected chi connectivity index (χ4v) is 2.44. The third kappa shape index (κ3) is 2.90. The van der Waals surface area contributed by atoms with Crippen molar-refractivity contribution in [1.82, 2.24) is 20.4 Å². The molecule has 0 aliphatic rings. The molecule has 5 nitrogen and oxygen atoms in total. The van der Waals surface area contributed by atoms with E-state index in [1.165, 1.54) is 0 Å². The molecule has 0 saturated heterocycles. The minimum atomic E-state index is 0.0464. The Morgan fingerprint density at radius 3 is 2.83 bits per heavy atom. The van der Waals surface area contributed by atoms with Crippen molar-refractivity contribution in [2.75, 3.05) is 11.5 Å². The van der Waals surface area contributed by atoms with Gasteiger partial charge in [-0.25, -0.2) is 4.68 Å². The summed E-state index contributed by atoms with van der Waals surface area (Å²) in [7, 11) is 0. The molecule has 2 aromatic rings. The first-order valence-corrected chi connectivity index (χ1v) is 7.02. The number of benzene rings is 1. The monoisotopic (exact) mass is 263 g/mol. The van der Waals surface area contributed by atoms with Crippen LogP contribution in [-0.4, -0.2) is 26.5 Å². The first kappa shape index (κ1) is 13.1. The molecule has 0 bridgehead atoms. The molecular weight excluding hydrogens is 246 g/mol. The average molecular weight is 263 g/mol. The Morgan fingerprint density at radius 2 is 2.17 bits per heavy atom. The van der Waals surface area contributed by atoms with Gasteiger partial charge in [0.1, 0.15) is 0 Å². The van der Waals surface area contributed by atoms with E-state index in [0.717, 1.165) is 22.9 Å².